The summed E-state index contributed by atoms with van der Waals surface area (Å²) in [5.41, 5.74) is 10.4. The fraction of sp³-hybridized carbons (Fsp3) is 0.222. The quantitative estimate of drug-likeness (QED) is 0.409. The molecular weight excluding hydrogens is 474 g/mol. The minimum absolute atomic E-state index is 0.207. The lowest BCUT2D eigenvalue weighted by atomic mass is 9.90. The van der Waals surface area contributed by atoms with Gasteiger partial charge in [-0.05, 0) is 55.2 Å². The van der Waals surface area contributed by atoms with E-state index in [-0.39, 0.29) is 24.3 Å². The highest BCUT2D eigenvalue weighted by molar-refractivity contribution is 7.14. The fourth-order valence-corrected chi connectivity index (χ4v) is 6.24. The summed E-state index contributed by atoms with van der Waals surface area (Å²) in [5.74, 6) is -1.21. The van der Waals surface area contributed by atoms with E-state index in [1.54, 1.807) is 36.7 Å². The van der Waals surface area contributed by atoms with E-state index in [0.29, 0.717) is 22.4 Å². The average molecular weight is 498 g/mol. The minimum atomic E-state index is -0.444. The van der Waals surface area contributed by atoms with Crippen molar-refractivity contribution in [1.82, 2.24) is 19.7 Å². The fourth-order valence-electron chi connectivity index (χ4n) is 5.19. The molecule has 2 aliphatic heterocycles. The molecule has 0 aliphatic carbocycles. The van der Waals surface area contributed by atoms with Crippen molar-refractivity contribution >= 4 is 29.1 Å². The highest BCUT2D eigenvalue weighted by Crippen LogP contribution is 2.40. The number of carbonyl (C=O) groups excluding carboxylic acids is 3. The van der Waals surface area contributed by atoms with Crippen molar-refractivity contribution in [3.63, 3.8) is 0 Å². The zero-order valence-electron chi connectivity index (χ0n) is 19.4. The van der Waals surface area contributed by atoms with Gasteiger partial charge in [0.15, 0.2) is 0 Å². The van der Waals surface area contributed by atoms with Crippen molar-refractivity contribution in [2.45, 2.75) is 31.7 Å². The van der Waals surface area contributed by atoms with Crippen LogP contribution in [0.2, 0.25) is 0 Å². The maximum atomic E-state index is 13.2. The number of thiophene rings is 1. The number of pyridine rings is 1. The van der Waals surface area contributed by atoms with E-state index in [9.17, 15) is 14.4 Å². The molecule has 2 aliphatic rings. The Morgan fingerprint density at radius 1 is 1.06 bits per heavy atom. The van der Waals surface area contributed by atoms with E-state index >= 15 is 0 Å². The number of amides is 3. The van der Waals surface area contributed by atoms with Crippen LogP contribution in [0.15, 0.2) is 61.1 Å². The lowest BCUT2D eigenvalue weighted by Gasteiger charge is -2.23. The number of imide groups is 1. The van der Waals surface area contributed by atoms with Crippen molar-refractivity contribution in [3.05, 3.63) is 93.1 Å². The third kappa shape index (κ3) is 3.72. The van der Waals surface area contributed by atoms with Gasteiger partial charge in [-0.15, -0.1) is 11.3 Å². The number of hydrogen-bond acceptors (Lipinski definition) is 6. The van der Waals surface area contributed by atoms with E-state index in [1.165, 1.54) is 16.2 Å². The first kappa shape index (κ1) is 22.4. The van der Waals surface area contributed by atoms with Gasteiger partial charge in [0.25, 0.3) is 17.7 Å². The molecule has 180 valence electrons. The van der Waals surface area contributed by atoms with Crippen LogP contribution >= 0.6 is 11.3 Å². The third-order valence-corrected chi connectivity index (χ3v) is 8.11. The predicted molar refractivity (Wildman–Crippen MR) is 135 cm³/mol. The molecule has 8 nitrogen and oxygen atoms in total. The van der Waals surface area contributed by atoms with E-state index < -0.39 is 5.91 Å². The minimum Gasteiger partial charge on any atom is -0.365 e. The number of fused-ring (bicyclic) bond motifs is 4. The van der Waals surface area contributed by atoms with Crippen molar-refractivity contribution in [2.24, 2.45) is 5.73 Å². The molecule has 0 spiro atoms. The summed E-state index contributed by atoms with van der Waals surface area (Å²) in [6.07, 6.45) is 7.65. The number of aryl methyl sites for hydroxylation is 2. The molecular formula is C27H23N5O3S. The summed E-state index contributed by atoms with van der Waals surface area (Å²) in [6.45, 7) is 0.965. The molecule has 2 N–H and O–H groups in total. The number of aromatic nitrogens is 3. The van der Waals surface area contributed by atoms with Crippen molar-refractivity contribution in [2.75, 3.05) is 6.54 Å². The maximum Gasteiger partial charge on any atom is 0.261 e. The normalized spacial score (nSPS) is 15.3. The Morgan fingerprint density at radius 3 is 2.47 bits per heavy atom. The van der Waals surface area contributed by atoms with Gasteiger partial charge in [-0.3, -0.25) is 28.9 Å². The van der Waals surface area contributed by atoms with E-state index in [1.807, 2.05) is 29.1 Å². The average Bonchev–Trinajstić information content (AvgIpc) is 3.53. The van der Waals surface area contributed by atoms with Crippen LogP contribution in [0.5, 0.6) is 0 Å². The molecule has 0 radical (unpaired) electrons. The molecule has 0 bridgehead atoms. The smallest absolute Gasteiger partial charge is 0.261 e. The summed E-state index contributed by atoms with van der Waals surface area (Å²) >= 11 is 1.43. The van der Waals surface area contributed by atoms with E-state index in [0.717, 1.165) is 46.6 Å². The largest absolute Gasteiger partial charge is 0.365 e. The van der Waals surface area contributed by atoms with Gasteiger partial charge < -0.3 is 5.73 Å². The standard InChI is InChI=1S/C27H23N5O3S/c28-25(33)23-13-20-22(36-23)6-3-11-32-24(20)21(14-30-32)17(12-16-7-9-29-10-8-16)15-31-26(34)18-4-1-2-5-19(18)27(31)35/h1-2,4-5,7-10,13-14,17H,3,6,11-12,15H2,(H2,28,33)/t17-/m1/s1. The van der Waals surface area contributed by atoms with Gasteiger partial charge in [0.2, 0.25) is 0 Å². The van der Waals surface area contributed by atoms with Crippen LogP contribution in [-0.2, 0) is 19.4 Å². The monoisotopic (exact) mass is 497 g/mol. The zero-order valence-corrected chi connectivity index (χ0v) is 20.2. The Morgan fingerprint density at radius 2 is 1.78 bits per heavy atom. The first-order valence-corrected chi connectivity index (χ1v) is 12.7. The third-order valence-electron chi connectivity index (χ3n) is 6.90. The second kappa shape index (κ2) is 8.83. The SMILES string of the molecule is NC(=O)c1cc2c(s1)CCCn1ncc([C@H](Cc3ccncc3)CN3C(=O)c4ccccc4C3=O)c1-2. The maximum absolute atomic E-state index is 13.2. The summed E-state index contributed by atoms with van der Waals surface area (Å²) < 4.78 is 1.97. The Kier molecular flexibility index (Phi) is 5.49. The Bertz CT molecular complexity index is 1470. The Labute approximate surface area is 211 Å². The van der Waals surface area contributed by atoms with Gasteiger partial charge in [-0.1, -0.05) is 12.1 Å². The van der Waals surface area contributed by atoms with Gasteiger partial charge in [-0.25, -0.2) is 0 Å². The summed E-state index contributed by atoms with van der Waals surface area (Å²) in [4.78, 5) is 45.5. The lowest BCUT2D eigenvalue weighted by molar-refractivity contribution is 0.0643. The second-order valence-electron chi connectivity index (χ2n) is 9.11. The number of rotatable bonds is 6. The molecule has 3 amide bonds. The van der Waals surface area contributed by atoms with Gasteiger partial charge in [0.1, 0.15) is 0 Å². The number of primary amides is 1. The van der Waals surface area contributed by atoms with Crippen LogP contribution in [0.25, 0.3) is 11.3 Å². The van der Waals surface area contributed by atoms with Crippen LogP contribution in [0.3, 0.4) is 0 Å². The van der Waals surface area contributed by atoms with Gasteiger partial charge in [0.05, 0.1) is 27.9 Å². The number of carbonyl (C=O) groups is 3. The summed E-state index contributed by atoms with van der Waals surface area (Å²) in [5, 5.41) is 4.69. The first-order chi connectivity index (χ1) is 17.5. The van der Waals surface area contributed by atoms with E-state index in [4.69, 9.17) is 5.73 Å². The number of nitrogens with zero attached hydrogens (tertiary/aromatic N) is 4. The predicted octanol–water partition coefficient (Wildman–Crippen LogP) is 3.67. The molecule has 36 heavy (non-hydrogen) atoms. The molecule has 9 heteroatoms. The molecule has 0 unspecified atom stereocenters. The van der Waals surface area contributed by atoms with Crippen molar-refractivity contribution in [3.8, 4) is 11.3 Å². The molecule has 5 heterocycles. The molecule has 1 aromatic carbocycles. The molecule has 0 saturated carbocycles. The highest BCUT2D eigenvalue weighted by atomic mass is 32.1. The molecule has 4 aromatic rings. The number of nitrogens with two attached hydrogens (primary N) is 1. The number of hydrogen-bond donors (Lipinski definition) is 1. The highest BCUT2D eigenvalue weighted by Gasteiger charge is 2.38. The molecule has 3 aromatic heterocycles. The Balaban J connectivity index is 1.44. The topological polar surface area (TPSA) is 111 Å². The van der Waals surface area contributed by atoms with Crippen LogP contribution in [-0.4, -0.2) is 43.9 Å². The Hall–Kier alpha value is -4.11. The zero-order chi connectivity index (χ0) is 24.8. The van der Waals surface area contributed by atoms with Gasteiger partial charge in [0, 0.05) is 47.4 Å². The first-order valence-electron chi connectivity index (χ1n) is 11.8. The molecule has 0 fully saturated rings. The van der Waals surface area contributed by atoms with E-state index in [2.05, 4.69) is 10.1 Å². The summed E-state index contributed by atoms with van der Waals surface area (Å²) in [7, 11) is 0. The van der Waals surface area contributed by atoms with Gasteiger partial charge >= 0.3 is 0 Å². The molecule has 1 atom stereocenters. The lowest BCUT2D eigenvalue weighted by Crippen LogP contribution is -2.34. The summed E-state index contributed by atoms with van der Waals surface area (Å²) in [6, 6.07) is 12.7. The number of benzene rings is 1. The van der Waals surface area contributed by atoms with Crippen molar-refractivity contribution in [1.29, 1.82) is 0 Å². The van der Waals surface area contributed by atoms with Gasteiger partial charge in [-0.2, -0.15) is 5.10 Å². The van der Waals surface area contributed by atoms with Crippen LogP contribution in [0.1, 0.15) is 58.7 Å². The van der Waals surface area contributed by atoms with Crippen molar-refractivity contribution < 1.29 is 14.4 Å². The molecule has 6 rings (SSSR count). The second-order valence-corrected chi connectivity index (χ2v) is 10.2. The van der Waals surface area contributed by atoms with Crippen LogP contribution < -0.4 is 5.73 Å². The molecule has 0 saturated heterocycles. The van der Waals surface area contributed by atoms with Crippen LogP contribution in [0, 0.1) is 0 Å². The van der Waals surface area contributed by atoms with Crippen LogP contribution in [0.4, 0.5) is 0 Å².